The van der Waals surface area contributed by atoms with E-state index in [0.29, 0.717) is 6.61 Å². The van der Waals surface area contributed by atoms with Crippen LogP contribution in [0.1, 0.15) is 70.4 Å². The van der Waals surface area contributed by atoms with Gasteiger partial charge in [-0.05, 0) is 47.0 Å². The van der Waals surface area contributed by atoms with Crippen LogP contribution in [0.4, 0.5) is 0 Å². The zero-order valence-electron chi connectivity index (χ0n) is 12.8. The number of unbranched alkanes of at least 4 members (excludes halogenated alkanes) is 5. The maximum absolute atomic E-state index is 6.27. The van der Waals surface area contributed by atoms with Gasteiger partial charge in [-0.2, -0.15) is 0 Å². The largest absolute Gasteiger partial charge is 0.493 e. The molecule has 1 aromatic carbocycles. The highest BCUT2D eigenvalue weighted by Crippen LogP contribution is 2.29. The zero-order valence-corrected chi connectivity index (χ0v) is 14.4. The average Bonchev–Trinajstić information content (AvgIpc) is 2.45. The van der Waals surface area contributed by atoms with E-state index < -0.39 is 0 Å². The van der Waals surface area contributed by atoms with Gasteiger partial charge in [-0.25, -0.2) is 0 Å². The van der Waals surface area contributed by atoms with E-state index in [9.17, 15) is 0 Å². The summed E-state index contributed by atoms with van der Waals surface area (Å²) in [6, 6.07) is 6.31. The minimum Gasteiger partial charge on any atom is -0.493 e. The van der Waals surface area contributed by atoms with Crippen molar-refractivity contribution in [2.45, 2.75) is 64.8 Å². The summed E-state index contributed by atoms with van der Waals surface area (Å²) in [5.41, 5.74) is 7.46. The summed E-state index contributed by atoms with van der Waals surface area (Å²) in [7, 11) is 0. The van der Waals surface area contributed by atoms with Gasteiger partial charge in [0.05, 0.1) is 11.1 Å². The Labute approximate surface area is 132 Å². The van der Waals surface area contributed by atoms with Crippen molar-refractivity contribution in [3.8, 4) is 5.75 Å². The minimum atomic E-state index is 0.133. The van der Waals surface area contributed by atoms with E-state index in [1.54, 1.807) is 0 Å². The third-order valence-corrected chi connectivity index (χ3v) is 4.17. The van der Waals surface area contributed by atoms with Crippen molar-refractivity contribution in [2.24, 2.45) is 5.73 Å². The zero-order chi connectivity index (χ0) is 14.8. The number of benzene rings is 1. The standard InChI is InChI=1S/C17H28BrNO/c1-3-5-6-7-8-9-10-16(19)14-11-12-17(20-4-2)15(18)13-14/h11-13,16H,3-10,19H2,1-2H3. The van der Waals surface area contributed by atoms with Gasteiger partial charge in [0.2, 0.25) is 0 Å². The molecule has 0 heterocycles. The predicted molar refractivity (Wildman–Crippen MR) is 90.2 cm³/mol. The van der Waals surface area contributed by atoms with Gasteiger partial charge in [0.25, 0.3) is 0 Å². The van der Waals surface area contributed by atoms with Crippen molar-refractivity contribution in [3.63, 3.8) is 0 Å². The molecule has 1 rings (SSSR count). The molecule has 0 aliphatic rings. The Morgan fingerprint density at radius 1 is 1.10 bits per heavy atom. The quantitative estimate of drug-likeness (QED) is 0.562. The molecule has 114 valence electrons. The number of nitrogens with two attached hydrogens (primary N) is 1. The van der Waals surface area contributed by atoms with Crippen molar-refractivity contribution in [1.29, 1.82) is 0 Å². The molecule has 0 radical (unpaired) electrons. The average molecular weight is 342 g/mol. The lowest BCUT2D eigenvalue weighted by atomic mass is 10.0. The molecule has 0 saturated carbocycles. The summed E-state index contributed by atoms with van der Waals surface area (Å²) in [6.07, 6.45) is 8.94. The smallest absolute Gasteiger partial charge is 0.133 e. The van der Waals surface area contributed by atoms with E-state index in [2.05, 4.69) is 35.0 Å². The van der Waals surface area contributed by atoms with E-state index in [0.717, 1.165) is 16.6 Å². The van der Waals surface area contributed by atoms with Crippen LogP contribution in [0.15, 0.2) is 22.7 Å². The molecule has 0 aliphatic carbocycles. The number of rotatable bonds is 10. The first-order valence-corrected chi connectivity index (χ1v) is 8.66. The van der Waals surface area contributed by atoms with Crippen LogP contribution in [0.25, 0.3) is 0 Å². The van der Waals surface area contributed by atoms with Gasteiger partial charge in [0.15, 0.2) is 0 Å². The monoisotopic (exact) mass is 341 g/mol. The molecule has 0 bridgehead atoms. The predicted octanol–water partition coefficient (Wildman–Crippen LogP) is 5.60. The molecule has 1 atom stereocenters. The Bertz CT molecular complexity index is 381. The van der Waals surface area contributed by atoms with E-state index in [4.69, 9.17) is 10.5 Å². The minimum absolute atomic E-state index is 0.133. The summed E-state index contributed by atoms with van der Waals surface area (Å²) >= 11 is 3.55. The molecule has 2 N–H and O–H groups in total. The highest BCUT2D eigenvalue weighted by atomic mass is 79.9. The molecule has 20 heavy (non-hydrogen) atoms. The van der Waals surface area contributed by atoms with Gasteiger partial charge in [0, 0.05) is 6.04 Å². The molecule has 0 spiro atoms. The van der Waals surface area contributed by atoms with Crippen molar-refractivity contribution < 1.29 is 4.74 Å². The normalized spacial score (nSPS) is 12.4. The number of ether oxygens (including phenoxy) is 1. The summed E-state index contributed by atoms with van der Waals surface area (Å²) < 4.78 is 6.52. The topological polar surface area (TPSA) is 35.2 Å². The van der Waals surface area contributed by atoms with Crippen LogP contribution in [-0.2, 0) is 0 Å². The van der Waals surface area contributed by atoms with Gasteiger partial charge in [0.1, 0.15) is 5.75 Å². The van der Waals surface area contributed by atoms with E-state index in [-0.39, 0.29) is 6.04 Å². The molecular weight excluding hydrogens is 314 g/mol. The Balaban J connectivity index is 2.35. The molecule has 0 aromatic heterocycles. The van der Waals surface area contributed by atoms with Crippen LogP contribution in [0.3, 0.4) is 0 Å². The van der Waals surface area contributed by atoms with Crippen molar-refractivity contribution in [3.05, 3.63) is 28.2 Å². The van der Waals surface area contributed by atoms with Gasteiger partial charge in [-0.3, -0.25) is 0 Å². The van der Waals surface area contributed by atoms with Crippen molar-refractivity contribution in [2.75, 3.05) is 6.61 Å². The molecule has 3 heteroatoms. The van der Waals surface area contributed by atoms with Crippen LogP contribution < -0.4 is 10.5 Å². The fourth-order valence-electron chi connectivity index (χ4n) is 2.33. The third-order valence-electron chi connectivity index (χ3n) is 3.55. The molecule has 0 amide bonds. The van der Waals surface area contributed by atoms with Gasteiger partial charge >= 0.3 is 0 Å². The molecule has 0 fully saturated rings. The molecular formula is C17H28BrNO. The van der Waals surface area contributed by atoms with E-state index in [1.165, 1.54) is 44.1 Å². The Hall–Kier alpha value is -0.540. The fraction of sp³-hybridized carbons (Fsp3) is 0.647. The maximum atomic E-state index is 6.27. The van der Waals surface area contributed by atoms with Crippen LogP contribution in [0, 0.1) is 0 Å². The second kappa shape index (κ2) is 10.2. The lowest BCUT2D eigenvalue weighted by Gasteiger charge is -2.14. The summed E-state index contributed by atoms with van der Waals surface area (Å²) in [4.78, 5) is 0. The summed E-state index contributed by atoms with van der Waals surface area (Å²) in [5, 5.41) is 0. The highest BCUT2D eigenvalue weighted by molar-refractivity contribution is 9.10. The molecule has 0 aliphatic heterocycles. The van der Waals surface area contributed by atoms with Gasteiger partial charge in [-0.15, -0.1) is 0 Å². The third kappa shape index (κ3) is 6.27. The lowest BCUT2D eigenvalue weighted by molar-refractivity contribution is 0.338. The second-order valence-corrected chi connectivity index (χ2v) is 6.14. The maximum Gasteiger partial charge on any atom is 0.133 e. The summed E-state index contributed by atoms with van der Waals surface area (Å²) in [6.45, 7) is 4.92. The lowest BCUT2D eigenvalue weighted by Crippen LogP contribution is -2.10. The Kier molecular flexibility index (Phi) is 8.95. The first kappa shape index (κ1) is 17.5. The van der Waals surface area contributed by atoms with Gasteiger partial charge < -0.3 is 10.5 Å². The first-order chi connectivity index (χ1) is 9.69. The number of hydrogen-bond donors (Lipinski definition) is 1. The molecule has 1 unspecified atom stereocenters. The van der Waals surface area contributed by atoms with Crippen LogP contribution in [-0.4, -0.2) is 6.61 Å². The van der Waals surface area contributed by atoms with Crippen molar-refractivity contribution >= 4 is 15.9 Å². The fourth-order valence-corrected chi connectivity index (χ4v) is 2.84. The first-order valence-electron chi connectivity index (χ1n) is 7.86. The Morgan fingerprint density at radius 3 is 2.45 bits per heavy atom. The number of halogens is 1. The van der Waals surface area contributed by atoms with Crippen molar-refractivity contribution in [1.82, 2.24) is 0 Å². The SMILES string of the molecule is CCCCCCCCC(N)c1ccc(OCC)c(Br)c1. The van der Waals surface area contributed by atoms with E-state index in [1.807, 2.05) is 13.0 Å². The van der Waals surface area contributed by atoms with Crippen LogP contribution in [0.5, 0.6) is 5.75 Å². The van der Waals surface area contributed by atoms with Crippen LogP contribution >= 0.6 is 15.9 Å². The molecule has 2 nitrogen and oxygen atoms in total. The molecule has 0 saturated heterocycles. The molecule has 1 aromatic rings. The Morgan fingerprint density at radius 2 is 1.80 bits per heavy atom. The summed E-state index contributed by atoms with van der Waals surface area (Å²) in [5.74, 6) is 0.892. The van der Waals surface area contributed by atoms with Crippen LogP contribution in [0.2, 0.25) is 0 Å². The van der Waals surface area contributed by atoms with E-state index >= 15 is 0 Å². The highest BCUT2D eigenvalue weighted by Gasteiger charge is 2.09. The number of hydrogen-bond acceptors (Lipinski definition) is 2. The second-order valence-electron chi connectivity index (χ2n) is 5.29. The van der Waals surface area contributed by atoms with Gasteiger partial charge in [-0.1, -0.05) is 51.5 Å².